The van der Waals surface area contributed by atoms with Crippen LogP contribution in [0.5, 0.6) is 0 Å². The van der Waals surface area contributed by atoms with Gasteiger partial charge in [-0.05, 0) is 93.1 Å². The summed E-state index contributed by atoms with van der Waals surface area (Å²) in [5, 5.41) is 48.2. The van der Waals surface area contributed by atoms with Gasteiger partial charge >= 0.3 is 12.1 Å². The number of Topliss-reactive ketones (excluding diaryl/α,β-unsaturated/α-hetero) is 1. The predicted octanol–water partition coefficient (Wildman–Crippen LogP) is 3.56. The number of aliphatic hydroxyl groups excluding tert-OH is 3. The third kappa shape index (κ3) is 14.6. The van der Waals surface area contributed by atoms with Gasteiger partial charge in [-0.2, -0.15) is 0 Å². The Morgan fingerprint density at radius 1 is 0.895 bits per heavy atom. The molecule has 0 saturated carbocycles. The Kier molecular flexibility index (Phi) is 22.1. The van der Waals surface area contributed by atoms with E-state index in [0.717, 1.165) is 0 Å². The van der Waals surface area contributed by atoms with Gasteiger partial charge in [-0.3, -0.25) is 19.3 Å². The van der Waals surface area contributed by atoms with E-state index in [1.54, 1.807) is 60.6 Å². The van der Waals surface area contributed by atoms with Crippen LogP contribution in [0.3, 0.4) is 0 Å². The highest BCUT2D eigenvalue weighted by molar-refractivity contribution is 5.90. The number of carbonyl (C=O) groups excluding carboxylic acids is 4. The minimum absolute atomic E-state index is 0.111. The fourth-order valence-electron chi connectivity index (χ4n) is 11.4. The van der Waals surface area contributed by atoms with E-state index < -0.39 is 114 Å². The smallest absolute Gasteiger partial charge is 0.414 e. The number of ketones is 1. The maximum atomic E-state index is 14.4. The number of rotatable bonds is 12. The van der Waals surface area contributed by atoms with E-state index in [9.17, 15) is 44.0 Å². The van der Waals surface area contributed by atoms with Gasteiger partial charge in [0.1, 0.15) is 41.6 Å². The summed E-state index contributed by atoms with van der Waals surface area (Å²) in [5.41, 5.74) is -3.30. The highest BCUT2D eigenvalue weighted by Gasteiger charge is 2.54. The Labute approximate surface area is 448 Å². The second-order valence-corrected chi connectivity index (χ2v) is 22.4. The normalized spacial score (nSPS) is 40.1. The molecule has 6 rings (SSSR count). The summed E-state index contributed by atoms with van der Waals surface area (Å²) in [7, 11) is 6.77. The number of halogens is 1. The van der Waals surface area contributed by atoms with E-state index in [0.29, 0.717) is 44.1 Å². The van der Waals surface area contributed by atoms with Crippen molar-refractivity contribution in [3.05, 3.63) is 24.0 Å². The van der Waals surface area contributed by atoms with Crippen molar-refractivity contribution in [1.82, 2.24) is 10.2 Å². The maximum Gasteiger partial charge on any atom is 0.414 e. The Bertz CT molecular complexity index is 2100. The first-order valence-corrected chi connectivity index (χ1v) is 26.8. The summed E-state index contributed by atoms with van der Waals surface area (Å²) in [6.07, 6.45) is -9.71. The zero-order chi connectivity index (χ0) is 56.8. The third-order valence-corrected chi connectivity index (χ3v) is 16.3. The van der Waals surface area contributed by atoms with Crippen molar-refractivity contribution in [1.29, 1.82) is 0 Å². The number of hydrogen-bond acceptors (Lipinski definition) is 19. The number of morpholine rings is 1. The standard InChI is InChI=1S/C38H69NO13.C16H20FN3O4/c1-15-26-38(10,45)31(42)21(4)28(40)19(2)17-37(9,47-14)33(52-35-29(41)25(39(11)12)16-20(3)48-35)22(5)30(23(6)34(44)50-26)51-27-18-36(8,46-13)32(43)24(7)49-27;1-11(21)18-9-13-10-20(16(22)24-13)12-2-3-15(14(17)8-12)19-4-6-23-7-5-19/h19-27,29-33,35,41-43,45H,15-18H2,1-14H3;2-3,8,13H,4-7,9-10H2,1H3,(H,18,21)/t19-,20-,21+,22+,23-,24+,25+,26-,27+,29-,30+,31-,32+,33-,35+,36-,37-,38-;13-/m10/s1. The first-order valence-electron chi connectivity index (χ1n) is 26.8. The highest BCUT2D eigenvalue weighted by Crippen LogP contribution is 2.42. The van der Waals surface area contributed by atoms with E-state index in [1.165, 1.54) is 39.0 Å². The van der Waals surface area contributed by atoms with Gasteiger partial charge in [-0.15, -0.1) is 0 Å². The molecule has 0 bridgehead atoms. The molecule has 19 atom stereocenters. The van der Waals surface area contributed by atoms with Gasteiger partial charge in [-0.25, -0.2) is 9.18 Å². The number of likely N-dealkylation sites (N-methyl/N-ethyl adjacent to an activating group) is 1. The Balaban J connectivity index is 0.000000367. The van der Waals surface area contributed by atoms with Crippen LogP contribution in [-0.2, 0) is 57.0 Å². The van der Waals surface area contributed by atoms with Crippen LogP contribution < -0.4 is 15.1 Å². The summed E-state index contributed by atoms with van der Waals surface area (Å²) >= 11 is 0. The lowest BCUT2D eigenvalue weighted by Gasteiger charge is -2.50. The van der Waals surface area contributed by atoms with Crippen molar-refractivity contribution in [3.63, 3.8) is 0 Å². The van der Waals surface area contributed by atoms with E-state index in [4.69, 9.17) is 42.6 Å². The number of cyclic esters (lactones) is 2. The molecule has 0 radical (unpaired) electrons. The summed E-state index contributed by atoms with van der Waals surface area (Å²) < 4.78 is 68.8. The molecule has 76 heavy (non-hydrogen) atoms. The number of methoxy groups -OCH3 is 2. The van der Waals surface area contributed by atoms with Gasteiger partial charge in [0.05, 0.1) is 85.3 Å². The lowest BCUT2D eigenvalue weighted by Crippen LogP contribution is -2.61. The van der Waals surface area contributed by atoms with Gasteiger partial charge < -0.3 is 78.2 Å². The van der Waals surface area contributed by atoms with Crippen molar-refractivity contribution < 1.29 is 86.6 Å². The van der Waals surface area contributed by atoms with E-state index in [2.05, 4.69) is 5.32 Å². The van der Waals surface area contributed by atoms with Crippen LogP contribution in [0.2, 0.25) is 0 Å². The van der Waals surface area contributed by atoms with Gasteiger partial charge in [0, 0.05) is 64.4 Å². The molecule has 0 unspecified atom stereocenters. The SMILES string of the molecule is CC(=O)NC[C@H]1CN(c2ccc(N3CCOCC3)c(F)c2)C(=O)O1.CC[C@H]1OC(=O)[C@H](C)[C@@H](O[C@H]2C[C@@](C)(OC)[C@@H](O)[C@H](C)O2)[C@H](C)[C@@H](O[C@@H]2O[C@H](C)C[C@H](N(C)C)[C@H]2O)[C@](C)(OC)C[C@@H](C)C(=O)[C@H](C)[C@@H](O)[C@]1(C)O. The highest BCUT2D eigenvalue weighted by atomic mass is 19.1. The van der Waals surface area contributed by atoms with Crippen LogP contribution >= 0.6 is 0 Å². The molecular weight excluding hydrogens is 996 g/mol. The molecule has 21 nitrogen and oxygen atoms in total. The van der Waals surface area contributed by atoms with Gasteiger partial charge in [0.15, 0.2) is 12.6 Å². The van der Waals surface area contributed by atoms with E-state index >= 15 is 0 Å². The number of anilines is 2. The van der Waals surface area contributed by atoms with Gasteiger partial charge in [0.25, 0.3) is 0 Å². The van der Waals surface area contributed by atoms with Crippen molar-refractivity contribution in [3.8, 4) is 0 Å². The molecule has 5 fully saturated rings. The average molecular weight is 1090 g/mol. The van der Waals surface area contributed by atoms with Crippen LogP contribution in [0.25, 0.3) is 0 Å². The zero-order valence-electron chi connectivity index (χ0n) is 47.4. The Hall–Kier alpha value is -3.65. The van der Waals surface area contributed by atoms with E-state index in [1.807, 2.05) is 37.7 Å². The van der Waals surface area contributed by atoms with Gasteiger partial charge in [-0.1, -0.05) is 27.7 Å². The second-order valence-electron chi connectivity index (χ2n) is 22.4. The summed E-state index contributed by atoms with van der Waals surface area (Å²) in [6, 6.07) is 4.43. The fourth-order valence-corrected chi connectivity index (χ4v) is 11.4. The minimum Gasteiger partial charge on any atom is -0.459 e. The molecule has 5 aliphatic rings. The number of nitrogens with zero attached hydrogens (tertiary/aromatic N) is 3. The first kappa shape index (κ1) is 63.2. The zero-order valence-corrected chi connectivity index (χ0v) is 47.4. The molecule has 0 aromatic heterocycles. The molecule has 0 spiro atoms. The number of esters is 1. The number of hydrogen-bond donors (Lipinski definition) is 5. The molecule has 5 heterocycles. The molecule has 5 aliphatic heterocycles. The van der Waals surface area contributed by atoms with Crippen LogP contribution in [0.1, 0.15) is 102 Å². The number of carbonyl (C=O) groups is 4. The van der Waals surface area contributed by atoms with Crippen LogP contribution in [0.15, 0.2) is 18.2 Å². The Morgan fingerprint density at radius 2 is 1.54 bits per heavy atom. The third-order valence-electron chi connectivity index (χ3n) is 16.3. The average Bonchev–Trinajstić information content (AvgIpc) is 3.76. The monoisotopic (exact) mass is 1080 g/mol. The number of benzene rings is 1. The molecule has 2 amide bonds. The van der Waals surface area contributed by atoms with Gasteiger partial charge in [0.2, 0.25) is 5.91 Å². The summed E-state index contributed by atoms with van der Waals surface area (Å²) in [5.74, 6) is -5.04. The predicted molar refractivity (Wildman–Crippen MR) is 277 cm³/mol. The topological polar surface area (TPSA) is 254 Å². The largest absolute Gasteiger partial charge is 0.459 e. The molecule has 434 valence electrons. The first-order chi connectivity index (χ1) is 35.5. The molecule has 1 aromatic carbocycles. The van der Waals surface area contributed by atoms with Crippen LogP contribution in [0, 0.1) is 29.5 Å². The number of amides is 2. The molecule has 5 N–H and O–H groups in total. The molecular formula is C54H89FN4O17. The van der Waals surface area contributed by atoms with Crippen LogP contribution in [-0.4, -0.2) is 207 Å². The molecule has 5 saturated heterocycles. The minimum atomic E-state index is -1.96. The molecule has 22 heteroatoms. The Morgan fingerprint density at radius 3 is 2.12 bits per heavy atom. The molecule has 0 aliphatic carbocycles. The number of aliphatic hydroxyl groups is 4. The van der Waals surface area contributed by atoms with Crippen LogP contribution in [0.4, 0.5) is 20.6 Å². The molecule has 1 aromatic rings. The lowest BCUT2D eigenvalue weighted by atomic mass is 9.74. The van der Waals surface area contributed by atoms with Crippen molar-refractivity contribution in [2.24, 2.45) is 23.7 Å². The maximum absolute atomic E-state index is 14.4. The van der Waals surface area contributed by atoms with E-state index in [-0.39, 0.29) is 62.0 Å². The summed E-state index contributed by atoms with van der Waals surface area (Å²) in [4.78, 5) is 56.3. The van der Waals surface area contributed by atoms with Crippen molar-refractivity contribution >= 4 is 35.1 Å². The fraction of sp³-hybridized carbons (Fsp3) is 0.815. The van der Waals surface area contributed by atoms with Crippen molar-refractivity contribution in [2.45, 2.75) is 192 Å². The number of nitrogens with one attached hydrogen (secondary N) is 1. The quantitative estimate of drug-likeness (QED) is 0.188. The summed E-state index contributed by atoms with van der Waals surface area (Å²) in [6.45, 7) is 21.4. The number of ether oxygens (including phenoxy) is 9. The lowest BCUT2D eigenvalue weighted by molar-refractivity contribution is -0.319. The second kappa shape index (κ2) is 26.5. The van der Waals surface area contributed by atoms with Crippen molar-refractivity contribution in [2.75, 3.05) is 77.5 Å².